The summed E-state index contributed by atoms with van der Waals surface area (Å²) in [4.78, 5) is 13.8. The molecule has 0 spiro atoms. The second-order valence-electron chi connectivity index (χ2n) is 5.82. The largest absolute Gasteiger partial charge is 0.398 e. The van der Waals surface area contributed by atoms with Crippen LogP contribution >= 0.6 is 11.6 Å². The van der Waals surface area contributed by atoms with Crippen LogP contribution in [0.5, 0.6) is 0 Å². The maximum atomic E-state index is 11.7. The number of amides is 1. The van der Waals surface area contributed by atoms with E-state index in [0.717, 1.165) is 42.1 Å². The fourth-order valence-electron chi connectivity index (χ4n) is 2.98. The number of hydrogen-bond donors (Lipinski definition) is 3. The van der Waals surface area contributed by atoms with Crippen LogP contribution in [0.3, 0.4) is 0 Å². The average Bonchev–Trinajstić information content (AvgIpc) is 2.47. The number of nitrogens with zero attached hydrogens (tertiary/aromatic N) is 2. The van der Waals surface area contributed by atoms with Crippen molar-refractivity contribution in [3.05, 3.63) is 28.3 Å². The third-order valence-corrected chi connectivity index (χ3v) is 4.49. The maximum absolute atomic E-state index is 11.7. The van der Waals surface area contributed by atoms with E-state index in [9.17, 15) is 4.79 Å². The first-order valence-corrected chi connectivity index (χ1v) is 7.81. The Kier molecular flexibility index (Phi) is 5.63. The number of hydrazine groups is 1. The van der Waals surface area contributed by atoms with E-state index in [-0.39, 0.29) is 5.91 Å². The summed E-state index contributed by atoms with van der Waals surface area (Å²) in [5, 5.41) is 1.78. The Hall–Kier alpha value is -1.34. The molecule has 6 nitrogen and oxygen atoms in total. The van der Waals surface area contributed by atoms with Gasteiger partial charge in [-0.25, -0.2) is 5.84 Å². The van der Waals surface area contributed by atoms with Gasteiger partial charge in [0.1, 0.15) is 0 Å². The van der Waals surface area contributed by atoms with Gasteiger partial charge in [-0.1, -0.05) is 11.6 Å². The highest BCUT2D eigenvalue weighted by atomic mass is 35.5. The summed E-state index contributed by atoms with van der Waals surface area (Å²) in [6, 6.07) is 3.72. The Morgan fingerprint density at radius 1 is 1.41 bits per heavy atom. The first-order chi connectivity index (χ1) is 10.4. The van der Waals surface area contributed by atoms with E-state index in [1.165, 1.54) is 0 Å². The normalized spacial score (nSPS) is 16.7. The third kappa shape index (κ3) is 3.89. The van der Waals surface area contributed by atoms with E-state index in [1.54, 1.807) is 13.1 Å². The molecule has 6 N–H and O–H groups in total. The number of likely N-dealkylation sites (tertiary alicyclic amines) is 1. The fourth-order valence-corrected chi connectivity index (χ4v) is 3.22. The van der Waals surface area contributed by atoms with Gasteiger partial charge in [-0.3, -0.25) is 14.7 Å². The first-order valence-electron chi connectivity index (χ1n) is 7.43. The average molecular weight is 326 g/mol. The molecular formula is C15H24ClN5O. The lowest BCUT2D eigenvalue weighted by atomic mass is 9.86. The molecule has 1 aliphatic rings. The van der Waals surface area contributed by atoms with Gasteiger partial charge in [0.15, 0.2) is 0 Å². The van der Waals surface area contributed by atoms with Crippen molar-refractivity contribution in [1.29, 1.82) is 0 Å². The molecule has 1 amide bonds. The summed E-state index contributed by atoms with van der Waals surface area (Å²) < 4.78 is 0. The number of nitrogen functional groups attached to an aromatic ring is 1. The zero-order valence-electron chi connectivity index (χ0n) is 12.9. The molecule has 22 heavy (non-hydrogen) atoms. The minimum Gasteiger partial charge on any atom is -0.398 e. The smallest absolute Gasteiger partial charge is 0.250 e. The Morgan fingerprint density at radius 3 is 2.59 bits per heavy atom. The van der Waals surface area contributed by atoms with E-state index in [4.69, 9.17) is 28.9 Å². The second kappa shape index (κ2) is 7.28. The topological polar surface area (TPSA) is 102 Å². The molecule has 1 aromatic rings. The SMILES string of the molecule is CN(N)C(=O)CN1CCC(c2cc(Cl)cc(N)c2CN)CC1. The molecule has 0 unspecified atom stereocenters. The van der Waals surface area contributed by atoms with Crippen molar-refractivity contribution in [2.24, 2.45) is 11.6 Å². The number of nitrogens with two attached hydrogens (primary N) is 3. The first kappa shape index (κ1) is 17.0. The molecule has 0 saturated carbocycles. The molecule has 0 atom stereocenters. The van der Waals surface area contributed by atoms with Crippen molar-refractivity contribution in [3.8, 4) is 0 Å². The zero-order valence-corrected chi connectivity index (χ0v) is 13.6. The molecule has 2 rings (SSSR count). The summed E-state index contributed by atoms with van der Waals surface area (Å²) in [7, 11) is 1.57. The quantitative estimate of drug-likeness (QED) is 0.330. The number of carbonyl (C=O) groups excluding carboxylic acids is 1. The van der Waals surface area contributed by atoms with Gasteiger partial charge in [0.2, 0.25) is 5.91 Å². The van der Waals surface area contributed by atoms with Crippen LogP contribution in [0, 0.1) is 0 Å². The number of piperidine rings is 1. The Labute approximate surface area is 136 Å². The van der Waals surface area contributed by atoms with Gasteiger partial charge in [0.25, 0.3) is 0 Å². The molecule has 7 heteroatoms. The van der Waals surface area contributed by atoms with Crippen LogP contribution in [0.1, 0.15) is 29.9 Å². The highest BCUT2D eigenvalue weighted by Gasteiger charge is 2.25. The molecule has 1 aromatic carbocycles. The van der Waals surface area contributed by atoms with Gasteiger partial charge >= 0.3 is 0 Å². The lowest BCUT2D eigenvalue weighted by Gasteiger charge is -2.33. The molecule has 122 valence electrons. The molecule has 1 saturated heterocycles. The number of benzene rings is 1. The van der Waals surface area contributed by atoms with E-state index < -0.39 is 0 Å². The van der Waals surface area contributed by atoms with E-state index in [1.807, 2.05) is 6.07 Å². The summed E-state index contributed by atoms with van der Waals surface area (Å²) in [5.41, 5.74) is 14.7. The predicted octanol–water partition coefficient (Wildman–Crippen LogP) is 0.892. The van der Waals surface area contributed by atoms with Crippen LogP contribution in [0.25, 0.3) is 0 Å². The van der Waals surface area contributed by atoms with E-state index in [2.05, 4.69) is 4.90 Å². The van der Waals surface area contributed by atoms with Gasteiger partial charge in [-0.05, 0) is 55.1 Å². The summed E-state index contributed by atoms with van der Waals surface area (Å²) >= 11 is 6.14. The van der Waals surface area contributed by atoms with E-state index >= 15 is 0 Å². The van der Waals surface area contributed by atoms with Crippen molar-refractivity contribution >= 4 is 23.2 Å². The zero-order chi connectivity index (χ0) is 16.3. The minimum atomic E-state index is -0.0758. The van der Waals surface area contributed by atoms with Gasteiger partial charge in [0.05, 0.1) is 6.54 Å². The van der Waals surface area contributed by atoms with Crippen LogP contribution in [-0.2, 0) is 11.3 Å². The summed E-state index contributed by atoms with van der Waals surface area (Å²) in [6.45, 7) is 2.47. The summed E-state index contributed by atoms with van der Waals surface area (Å²) in [5.74, 6) is 5.76. The molecule has 1 fully saturated rings. The molecular weight excluding hydrogens is 302 g/mol. The van der Waals surface area contributed by atoms with Crippen LogP contribution in [0.15, 0.2) is 12.1 Å². The van der Waals surface area contributed by atoms with Gasteiger partial charge in [0, 0.05) is 24.3 Å². The molecule has 0 aromatic heterocycles. The van der Waals surface area contributed by atoms with Gasteiger partial charge in [-0.2, -0.15) is 0 Å². The molecule has 1 heterocycles. The van der Waals surface area contributed by atoms with Crippen molar-refractivity contribution < 1.29 is 4.79 Å². The van der Waals surface area contributed by atoms with Crippen molar-refractivity contribution in [2.75, 3.05) is 32.4 Å². The fraction of sp³-hybridized carbons (Fsp3) is 0.533. The third-order valence-electron chi connectivity index (χ3n) is 4.27. The number of carbonyl (C=O) groups is 1. The number of likely N-dealkylation sites (N-methyl/N-ethyl adjacent to an activating group) is 1. The molecule has 0 bridgehead atoms. The van der Waals surface area contributed by atoms with Crippen molar-refractivity contribution in [2.45, 2.75) is 25.3 Å². The highest BCUT2D eigenvalue weighted by Crippen LogP contribution is 2.34. The minimum absolute atomic E-state index is 0.0758. The standard InChI is InChI=1S/C15H24ClN5O/c1-20(19)15(22)9-21-4-2-10(3-5-21)12-6-11(16)7-14(18)13(12)8-17/h6-7,10H,2-5,8-9,17-19H2,1H3. The van der Waals surface area contributed by atoms with Crippen LogP contribution in [0.4, 0.5) is 5.69 Å². The second-order valence-corrected chi connectivity index (χ2v) is 6.26. The van der Waals surface area contributed by atoms with Gasteiger partial charge < -0.3 is 11.5 Å². The molecule has 0 radical (unpaired) electrons. The van der Waals surface area contributed by atoms with E-state index in [0.29, 0.717) is 29.7 Å². The molecule has 1 aliphatic heterocycles. The number of rotatable bonds is 4. The maximum Gasteiger partial charge on any atom is 0.250 e. The van der Waals surface area contributed by atoms with Crippen LogP contribution in [-0.4, -0.2) is 42.5 Å². The Bertz CT molecular complexity index is 541. The van der Waals surface area contributed by atoms with Crippen molar-refractivity contribution in [1.82, 2.24) is 9.91 Å². The lowest BCUT2D eigenvalue weighted by molar-refractivity contribution is -0.131. The van der Waals surface area contributed by atoms with Crippen molar-refractivity contribution in [3.63, 3.8) is 0 Å². The Morgan fingerprint density at radius 2 is 2.05 bits per heavy atom. The van der Waals surface area contributed by atoms with Crippen LogP contribution < -0.4 is 17.3 Å². The lowest BCUT2D eigenvalue weighted by Crippen LogP contribution is -2.44. The monoisotopic (exact) mass is 325 g/mol. The Balaban J connectivity index is 2.04. The summed E-state index contributed by atoms with van der Waals surface area (Å²) in [6.07, 6.45) is 1.91. The number of anilines is 1. The van der Waals surface area contributed by atoms with Gasteiger partial charge in [-0.15, -0.1) is 0 Å². The van der Waals surface area contributed by atoms with Crippen LogP contribution in [0.2, 0.25) is 5.02 Å². The highest BCUT2D eigenvalue weighted by molar-refractivity contribution is 6.31. The molecule has 0 aliphatic carbocycles. The predicted molar refractivity (Wildman–Crippen MR) is 89.1 cm³/mol. The number of hydrogen-bond acceptors (Lipinski definition) is 5. The number of halogens is 1.